The molecule has 0 aliphatic heterocycles. The average molecular weight is 1200 g/mol. The summed E-state index contributed by atoms with van der Waals surface area (Å²) >= 11 is 0. The highest BCUT2D eigenvalue weighted by Gasteiger charge is 2.97. The van der Waals surface area contributed by atoms with E-state index < -0.39 is 134 Å². The molecular formula is C38H38F34N4+2. The van der Waals surface area contributed by atoms with Gasteiger partial charge in [-0.25, -0.2) is 18.3 Å². The predicted molar refractivity (Wildman–Crippen MR) is 186 cm³/mol. The van der Waals surface area contributed by atoms with E-state index in [-0.39, 0.29) is 13.1 Å². The van der Waals surface area contributed by atoms with Crippen LogP contribution in [0, 0.1) is 0 Å². The molecule has 0 spiro atoms. The van der Waals surface area contributed by atoms with Gasteiger partial charge in [0, 0.05) is 12.8 Å². The van der Waals surface area contributed by atoms with Crippen LogP contribution in [0.25, 0.3) is 0 Å². The number of nitrogens with zero attached hydrogens (tertiary/aromatic N) is 4. The van der Waals surface area contributed by atoms with Crippen LogP contribution in [0.1, 0.15) is 77.0 Å². The van der Waals surface area contributed by atoms with Crippen LogP contribution in [-0.2, 0) is 26.2 Å². The number of aromatic nitrogens is 4. The summed E-state index contributed by atoms with van der Waals surface area (Å²) < 4.78 is 463. The van der Waals surface area contributed by atoms with E-state index in [1.165, 1.54) is 21.5 Å². The van der Waals surface area contributed by atoms with Crippen molar-refractivity contribution in [1.82, 2.24) is 9.13 Å². The minimum atomic E-state index is -8.72. The highest BCUT2D eigenvalue weighted by molar-refractivity contribution is 5.16. The second-order valence-corrected chi connectivity index (χ2v) is 17.1. The molecule has 2 aromatic rings. The van der Waals surface area contributed by atoms with Crippen LogP contribution >= 0.6 is 0 Å². The number of hydrogen-bond acceptors (Lipinski definition) is 0. The van der Waals surface area contributed by atoms with Crippen molar-refractivity contribution in [2.75, 3.05) is 0 Å². The lowest BCUT2D eigenvalue weighted by molar-refractivity contribution is -0.697. The van der Waals surface area contributed by atoms with Gasteiger partial charge in [-0.05, 0) is 38.5 Å². The van der Waals surface area contributed by atoms with Gasteiger partial charge in [-0.15, -0.1) is 0 Å². The average Bonchev–Trinajstić information content (AvgIpc) is 3.91. The molecule has 446 valence electrons. The number of aryl methyl sites for hydroxylation is 4. The summed E-state index contributed by atoms with van der Waals surface area (Å²) in [5.41, 5.74) is 0. The molecule has 0 unspecified atom stereocenters. The van der Waals surface area contributed by atoms with Crippen LogP contribution in [0.15, 0.2) is 37.4 Å². The van der Waals surface area contributed by atoms with Gasteiger partial charge in [0.25, 0.3) is 0 Å². The molecule has 0 radical (unpaired) electrons. The maximum atomic E-state index is 14.2. The maximum absolute atomic E-state index is 14.2. The van der Waals surface area contributed by atoms with Gasteiger partial charge in [-0.3, -0.25) is 0 Å². The number of rotatable bonds is 31. The lowest BCUT2D eigenvalue weighted by Gasteiger charge is -2.42. The van der Waals surface area contributed by atoms with Gasteiger partial charge in [-0.2, -0.15) is 149 Å². The molecule has 4 nitrogen and oxygen atoms in total. The van der Waals surface area contributed by atoms with E-state index in [0.29, 0.717) is 51.4 Å². The number of halogens is 34. The number of unbranched alkanes of at least 4 members (excludes halogenated alkanes) is 7. The first-order chi connectivity index (χ1) is 33.6. The topological polar surface area (TPSA) is 17.6 Å². The van der Waals surface area contributed by atoms with Gasteiger partial charge in [0.05, 0.1) is 26.2 Å². The predicted octanol–water partition coefficient (Wildman–Crippen LogP) is 15.3. The van der Waals surface area contributed by atoms with Gasteiger partial charge in [0.1, 0.15) is 24.8 Å². The first-order valence-corrected chi connectivity index (χ1v) is 21.1. The fraction of sp³-hybridized carbons (Fsp3) is 0.842. The molecule has 0 saturated heterocycles. The Labute approximate surface area is 403 Å². The molecule has 0 aliphatic rings. The zero-order chi connectivity index (χ0) is 59.9. The van der Waals surface area contributed by atoms with E-state index in [1.54, 1.807) is 0 Å². The molecule has 2 heterocycles. The molecule has 38 heteroatoms. The minimum absolute atomic E-state index is 0.198. The molecule has 0 atom stereocenters. The van der Waals surface area contributed by atoms with Crippen LogP contribution < -0.4 is 9.13 Å². The second-order valence-electron chi connectivity index (χ2n) is 17.1. The zero-order valence-electron chi connectivity index (χ0n) is 37.4. The summed E-state index contributed by atoms with van der Waals surface area (Å²) in [4.78, 5) is 0. The van der Waals surface area contributed by atoms with Gasteiger partial charge in [-0.1, -0.05) is 25.7 Å². The third-order valence-corrected chi connectivity index (χ3v) is 11.5. The Morgan fingerprint density at radius 3 is 0.697 bits per heavy atom. The molecule has 0 aliphatic carbocycles. The Morgan fingerprint density at radius 1 is 0.250 bits per heavy atom. The van der Waals surface area contributed by atoms with E-state index >= 15 is 0 Å². The van der Waals surface area contributed by atoms with Crippen molar-refractivity contribution >= 4 is 0 Å². The fourth-order valence-electron chi connectivity index (χ4n) is 6.73. The third kappa shape index (κ3) is 12.0. The van der Waals surface area contributed by atoms with E-state index in [2.05, 4.69) is 0 Å². The monoisotopic (exact) mass is 1200 g/mol. The number of imidazole rings is 2. The van der Waals surface area contributed by atoms with Crippen molar-refractivity contribution in [3.63, 3.8) is 0 Å². The number of alkyl halides is 34. The Bertz CT molecular complexity index is 2010. The largest absolute Gasteiger partial charge is 0.460 e. The Morgan fingerprint density at radius 2 is 0.461 bits per heavy atom. The summed E-state index contributed by atoms with van der Waals surface area (Å²) in [5, 5.41) is 0. The van der Waals surface area contributed by atoms with Crippen molar-refractivity contribution in [3.8, 4) is 0 Å². The standard InChI is InChI=1S/C38H38F34N4/c39-23(40,25(43,44)27(47,48)29(51,52)31(55,56)33(59,60)35(63,64)37(67,68)69)11-9-15-75-19-17-73(21-75)13-7-5-3-1-2-4-6-8-14-74-18-20-76(22-74)16-10-12-24(41,42)26(45,46)28(49,50)30(53,54)32(57,58)34(61,62)36(65,66)38(70,71)72/h17-22H,1-16H2/q+2. The molecule has 2 aromatic heterocycles. The minimum Gasteiger partial charge on any atom is -0.237 e. The highest BCUT2D eigenvalue weighted by Crippen LogP contribution is 2.66. The van der Waals surface area contributed by atoms with Crippen LogP contribution in [0.5, 0.6) is 0 Å². The van der Waals surface area contributed by atoms with Gasteiger partial charge in [0.2, 0.25) is 12.7 Å². The van der Waals surface area contributed by atoms with Crippen LogP contribution in [-0.4, -0.2) is 104 Å². The van der Waals surface area contributed by atoms with E-state index in [1.807, 2.05) is 0 Å². The van der Waals surface area contributed by atoms with E-state index in [9.17, 15) is 149 Å². The lowest BCUT2D eigenvalue weighted by atomic mass is 9.88. The van der Waals surface area contributed by atoms with Crippen molar-refractivity contribution in [3.05, 3.63) is 37.4 Å². The summed E-state index contributed by atoms with van der Waals surface area (Å²) in [5.74, 6) is -114. The summed E-state index contributed by atoms with van der Waals surface area (Å²) in [6.45, 7) is -1.22. The fourth-order valence-corrected chi connectivity index (χ4v) is 6.73. The van der Waals surface area contributed by atoms with Crippen molar-refractivity contribution in [2.45, 2.75) is 198 Å². The quantitative estimate of drug-likeness (QED) is 0.0407. The molecule has 0 amide bonds. The smallest absolute Gasteiger partial charge is 0.237 e. The molecule has 0 saturated carbocycles. The molecule has 0 bridgehead atoms. The Kier molecular flexibility index (Phi) is 19.7. The zero-order valence-corrected chi connectivity index (χ0v) is 37.4. The van der Waals surface area contributed by atoms with Crippen molar-refractivity contribution in [2.24, 2.45) is 0 Å². The van der Waals surface area contributed by atoms with Crippen LogP contribution in [0.2, 0.25) is 0 Å². The molecule has 76 heavy (non-hydrogen) atoms. The molecule has 2 rings (SSSR count). The lowest BCUT2D eigenvalue weighted by Crippen LogP contribution is -2.74. The van der Waals surface area contributed by atoms with Gasteiger partial charge >= 0.3 is 95.3 Å². The van der Waals surface area contributed by atoms with E-state index in [4.69, 9.17) is 0 Å². The van der Waals surface area contributed by atoms with Crippen LogP contribution in [0.4, 0.5) is 149 Å². The normalized spacial score (nSPS) is 15.6. The van der Waals surface area contributed by atoms with E-state index in [0.717, 1.165) is 34.2 Å². The molecule has 0 aromatic carbocycles. The first kappa shape index (κ1) is 68.1. The van der Waals surface area contributed by atoms with Gasteiger partial charge in [0.15, 0.2) is 0 Å². The highest BCUT2D eigenvalue weighted by atomic mass is 19.4. The first-order valence-electron chi connectivity index (χ1n) is 21.1. The Balaban J connectivity index is 1.80. The van der Waals surface area contributed by atoms with Crippen LogP contribution in [0.3, 0.4) is 0 Å². The van der Waals surface area contributed by atoms with Crippen molar-refractivity contribution < 1.29 is 158 Å². The summed E-state index contributed by atoms with van der Waals surface area (Å²) in [7, 11) is 0. The van der Waals surface area contributed by atoms with Gasteiger partial charge < -0.3 is 0 Å². The molecule has 0 N–H and O–H groups in total. The summed E-state index contributed by atoms with van der Waals surface area (Å²) in [6.07, 6.45) is -12.2. The summed E-state index contributed by atoms with van der Waals surface area (Å²) in [6, 6.07) is 0. The second kappa shape index (κ2) is 21.9. The number of hydrogen-bond donors (Lipinski definition) is 0. The third-order valence-electron chi connectivity index (χ3n) is 11.5. The molecule has 0 fully saturated rings. The maximum Gasteiger partial charge on any atom is 0.460 e. The molecular weight excluding hydrogens is 1160 g/mol. The van der Waals surface area contributed by atoms with Crippen molar-refractivity contribution in [1.29, 1.82) is 0 Å². The Hall–Kier alpha value is -3.96. The SMILES string of the molecule is FC(F)(F)C(F)(F)C(F)(F)C(F)(F)C(F)(F)C(F)(F)C(F)(F)C(F)(F)CCC[n+]1ccn(CCCCCCCCCCn2cc[n+](CCCC(F)(F)C(F)(F)C(F)(F)C(F)(F)C(F)(F)C(F)(F)C(F)(F)C(F)(F)F)c2)c1.